The van der Waals surface area contributed by atoms with Crippen LogP contribution < -0.4 is 9.64 Å². The molecule has 1 fully saturated rings. The first kappa shape index (κ1) is 12.9. The summed E-state index contributed by atoms with van der Waals surface area (Å²) in [6.45, 7) is 0.396. The van der Waals surface area contributed by atoms with Crippen molar-refractivity contribution in [3.05, 3.63) is 22.4 Å². The number of anilines is 1. The SMILES string of the molecule is C#CC1CC(=O)N(c2cc(F)c(Br)cc2OC)C1. The van der Waals surface area contributed by atoms with Crippen LogP contribution in [0.1, 0.15) is 6.42 Å². The molecule has 1 aromatic carbocycles. The minimum atomic E-state index is -0.442. The largest absolute Gasteiger partial charge is 0.495 e. The molecule has 94 valence electrons. The maximum absolute atomic E-state index is 13.6. The summed E-state index contributed by atoms with van der Waals surface area (Å²) in [5.74, 6) is 2.30. The zero-order chi connectivity index (χ0) is 13.3. The van der Waals surface area contributed by atoms with Gasteiger partial charge in [-0.1, -0.05) is 0 Å². The van der Waals surface area contributed by atoms with E-state index in [1.54, 1.807) is 0 Å². The van der Waals surface area contributed by atoms with E-state index in [1.165, 1.54) is 24.1 Å². The molecule has 0 aromatic heterocycles. The minimum absolute atomic E-state index is 0.113. The molecule has 0 aliphatic carbocycles. The second-order valence-corrected chi connectivity index (χ2v) is 4.86. The lowest BCUT2D eigenvalue weighted by Gasteiger charge is -2.19. The number of hydrogen-bond donors (Lipinski definition) is 0. The summed E-state index contributed by atoms with van der Waals surface area (Å²) in [6, 6.07) is 2.78. The Morgan fingerprint density at radius 2 is 2.33 bits per heavy atom. The van der Waals surface area contributed by atoms with Crippen LogP contribution >= 0.6 is 15.9 Å². The van der Waals surface area contributed by atoms with E-state index in [9.17, 15) is 9.18 Å². The fraction of sp³-hybridized carbons (Fsp3) is 0.308. The van der Waals surface area contributed by atoms with Crippen molar-refractivity contribution in [3.63, 3.8) is 0 Å². The van der Waals surface area contributed by atoms with E-state index in [1.807, 2.05) is 0 Å². The van der Waals surface area contributed by atoms with Gasteiger partial charge in [0.25, 0.3) is 0 Å². The first-order valence-corrected chi connectivity index (χ1v) is 6.15. The molecule has 1 atom stereocenters. The van der Waals surface area contributed by atoms with Crippen LogP contribution in [0.25, 0.3) is 0 Å². The number of ether oxygens (including phenoxy) is 1. The van der Waals surface area contributed by atoms with Crippen LogP contribution in [0.2, 0.25) is 0 Å². The van der Waals surface area contributed by atoms with Gasteiger partial charge in [0.1, 0.15) is 11.6 Å². The second kappa shape index (κ2) is 4.99. The maximum Gasteiger partial charge on any atom is 0.228 e. The van der Waals surface area contributed by atoms with Crippen LogP contribution in [0.5, 0.6) is 5.75 Å². The molecule has 0 radical (unpaired) electrons. The van der Waals surface area contributed by atoms with Crippen molar-refractivity contribution in [1.82, 2.24) is 0 Å². The van der Waals surface area contributed by atoms with Crippen LogP contribution in [-0.2, 0) is 4.79 Å². The molecule has 1 aromatic rings. The smallest absolute Gasteiger partial charge is 0.228 e. The Kier molecular flexibility index (Phi) is 3.58. The van der Waals surface area contributed by atoms with Gasteiger partial charge in [0.15, 0.2) is 0 Å². The highest BCUT2D eigenvalue weighted by molar-refractivity contribution is 9.10. The highest BCUT2D eigenvalue weighted by atomic mass is 79.9. The lowest BCUT2D eigenvalue weighted by atomic mass is 10.1. The number of halogens is 2. The molecule has 1 aliphatic heterocycles. The summed E-state index contributed by atoms with van der Waals surface area (Å²) in [5, 5.41) is 0. The average Bonchev–Trinajstić information content (AvgIpc) is 2.73. The Labute approximate surface area is 113 Å². The zero-order valence-electron chi connectivity index (χ0n) is 9.74. The number of carbonyl (C=O) groups excluding carboxylic acids is 1. The zero-order valence-corrected chi connectivity index (χ0v) is 11.3. The Morgan fingerprint density at radius 1 is 1.61 bits per heavy atom. The van der Waals surface area contributed by atoms with Crippen molar-refractivity contribution >= 4 is 27.5 Å². The molecule has 3 nitrogen and oxygen atoms in total. The van der Waals surface area contributed by atoms with Gasteiger partial charge in [-0.2, -0.15) is 0 Å². The molecule has 18 heavy (non-hydrogen) atoms. The van der Waals surface area contributed by atoms with Gasteiger partial charge >= 0.3 is 0 Å². The van der Waals surface area contributed by atoms with Gasteiger partial charge in [-0.3, -0.25) is 4.79 Å². The predicted molar refractivity (Wildman–Crippen MR) is 69.9 cm³/mol. The summed E-state index contributed by atoms with van der Waals surface area (Å²) in [7, 11) is 1.47. The fourth-order valence-corrected chi connectivity index (χ4v) is 2.27. The van der Waals surface area contributed by atoms with Gasteiger partial charge in [0.2, 0.25) is 5.91 Å². The number of carbonyl (C=O) groups is 1. The molecular formula is C13H11BrFNO2. The molecule has 1 aliphatic rings. The molecule has 1 unspecified atom stereocenters. The van der Waals surface area contributed by atoms with Crippen molar-refractivity contribution in [2.45, 2.75) is 6.42 Å². The third-order valence-electron chi connectivity index (χ3n) is 2.87. The van der Waals surface area contributed by atoms with Crippen LogP contribution in [0.4, 0.5) is 10.1 Å². The van der Waals surface area contributed by atoms with E-state index in [-0.39, 0.29) is 18.2 Å². The molecule has 2 rings (SSSR count). The van der Waals surface area contributed by atoms with E-state index in [2.05, 4.69) is 21.9 Å². The number of rotatable bonds is 2. The van der Waals surface area contributed by atoms with Gasteiger partial charge in [-0.25, -0.2) is 4.39 Å². The third kappa shape index (κ3) is 2.21. The van der Waals surface area contributed by atoms with Crippen molar-refractivity contribution in [1.29, 1.82) is 0 Å². The quantitative estimate of drug-likeness (QED) is 0.786. The van der Waals surface area contributed by atoms with E-state index in [4.69, 9.17) is 11.2 Å². The van der Waals surface area contributed by atoms with Crippen molar-refractivity contribution in [3.8, 4) is 18.1 Å². The van der Waals surface area contributed by atoms with Gasteiger partial charge in [-0.05, 0) is 22.0 Å². The fourth-order valence-electron chi connectivity index (χ4n) is 1.94. The molecular weight excluding hydrogens is 301 g/mol. The second-order valence-electron chi connectivity index (χ2n) is 4.01. The van der Waals surface area contributed by atoms with E-state index >= 15 is 0 Å². The maximum atomic E-state index is 13.6. The van der Waals surface area contributed by atoms with E-state index in [0.717, 1.165) is 0 Å². The van der Waals surface area contributed by atoms with Crippen LogP contribution in [-0.4, -0.2) is 19.6 Å². The lowest BCUT2D eigenvalue weighted by Crippen LogP contribution is -2.25. The first-order valence-electron chi connectivity index (χ1n) is 5.36. The van der Waals surface area contributed by atoms with Gasteiger partial charge in [-0.15, -0.1) is 12.3 Å². The van der Waals surface area contributed by atoms with Crippen molar-refractivity contribution < 1.29 is 13.9 Å². The summed E-state index contributed by atoms with van der Waals surface area (Å²) >= 11 is 3.08. The normalized spacial score (nSPS) is 18.9. The molecule has 1 amide bonds. The molecule has 0 spiro atoms. The van der Waals surface area contributed by atoms with Crippen molar-refractivity contribution in [2.24, 2.45) is 5.92 Å². The van der Waals surface area contributed by atoms with Crippen LogP contribution in [0, 0.1) is 24.1 Å². The van der Waals surface area contributed by atoms with Gasteiger partial charge < -0.3 is 9.64 Å². The van der Waals surface area contributed by atoms with E-state index < -0.39 is 5.82 Å². The number of terminal acetylenes is 1. The number of benzene rings is 1. The highest BCUT2D eigenvalue weighted by Crippen LogP contribution is 2.36. The Bertz CT molecular complexity index is 539. The van der Waals surface area contributed by atoms with E-state index in [0.29, 0.717) is 22.5 Å². The van der Waals surface area contributed by atoms with Gasteiger partial charge in [0, 0.05) is 24.9 Å². The summed E-state index contributed by atoms with van der Waals surface area (Å²) in [6.07, 6.45) is 5.61. The monoisotopic (exact) mass is 311 g/mol. The Hall–Kier alpha value is -1.54. The molecule has 1 heterocycles. The third-order valence-corrected chi connectivity index (χ3v) is 3.48. The molecule has 1 saturated heterocycles. The predicted octanol–water partition coefficient (Wildman–Crippen LogP) is 2.58. The summed E-state index contributed by atoms with van der Waals surface area (Å²) < 4.78 is 19.0. The number of nitrogens with zero attached hydrogens (tertiary/aromatic N) is 1. The summed E-state index contributed by atoms with van der Waals surface area (Å²) in [5.41, 5.74) is 0.418. The molecule has 5 heteroatoms. The van der Waals surface area contributed by atoms with Crippen LogP contribution in [0.15, 0.2) is 16.6 Å². The Morgan fingerprint density at radius 3 is 2.89 bits per heavy atom. The number of hydrogen-bond acceptors (Lipinski definition) is 2. The van der Waals surface area contributed by atoms with Crippen LogP contribution in [0.3, 0.4) is 0 Å². The minimum Gasteiger partial charge on any atom is -0.495 e. The number of amides is 1. The molecule has 0 N–H and O–H groups in total. The molecule has 0 saturated carbocycles. The standard InChI is InChI=1S/C13H11BrFNO2/c1-3-8-4-13(17)16(7-8)11-6-10(15)9(14)5-12(11)18-2/h1,5-6,8H,4,7H2,2H3. The first-order chi connectivity index (χ1) is 8.56. The summed E-state index contributed by atoms with van der Waals surface area (Å²) in [4.78, 5) is 13.3. The lowest BCUT2D eigenvalue weighted by molar-refractivity contribution is -0.117. The molecule has 0 bridgehead atoms. The number of methoxy groups -OCH3 is 1. The van der Waals surface area contributed by atoms with Crippen molar-refractivity contribution in [2.75, 3.05) is 18.6 Å². The highest BCUT2D eigenvalue weighted by Gasteiger charge is 2.31. The topological polar surface area (TPSA) is 29.5 Å². The average molecular weight is 312 g/mol. The Balaban J connectivity index is 2.42. The van der Waals surface area contributed by atoms with Gasteiger partial charge in [0.05, 0.1) is 17.3 Å².